The van der Waals surface area contributed by atoms with Crippen molar-refractivity contribution >= 4 is 42.4 Å². The first-order valence-electron chi connectivity index (χ1n) is 10.0. The average molecular weight is 451 g/mol. The van der Waals surface area contributed by atoms with E-state index in [4.69, 9.17) is 0 Å². The summed E-state index contributed by atoms with van der Waals surface area (Å²) in [5, 5.41) is 0.626. The van der Waals surface area contributed by atoms with Crippen LogP contribution in [0.4, 0.5) is 5.13 Å². The predicted molar refractivity (Wildman–Crippen MR) is 125 cm³/mol. The van der Waals surface area contributed by atoms with E-state index in [-0.39, 0.29) is 29.4 Å². The highest BCUT2D eigenvalue weighted by Crippen LogP contribution is 2.30. The zero-order valence-electron chi connectivity index (χ0n) is 16.8. The lowest BCUT2D eigenvalue weighted by molar-refractivity contribution is -0.118. The summed E-state index contributed by atoms with van der Waals surface area (Å²) in [6, 6.07) is 25.8. The number of thiazole rings is 1. The van der Waals surface area contributed by atoms with Crippen molar-refractivity contribution in [3.63, 3.8) is 0 Å². The van der Waals surface area contributed by atoms with E-state index < -0.39 is 9.84 Å². The summed E-state index contributed by atoms with van der Waals surface area (Å²) in [5.74, 6) is -0.201. The number of carbonyl (C=O) groups excluding carboxylic acids is 1. The second-order valence-electron chi connectivity index (χ2n) is 7.17. The first-order chi connectivity index (χ1) is 15.0. The first-order valence-corrected chi connectivity index (χ1v) is 12.5. The van der Waals surface area contributed by atoms with Crippen LogP contribution in [0.5, 0.6) is 0 Å². The van der Waals surface area contributed by atoms with Gasteiger partial charge in [0.25, 0.3) is 0 Å². The topological polar surface area (TPSA) is 67.3 Å². The molecule has 0 spiro atoms. The Bertz CT molecular complexity index is 1240. The molecule has 1 amide bonds. The van der Waals surface area contributed by atoms with Crippen molar-refractivity contribution in [1.29, 1.82) is 0 Å². The van der Waals surface area contributed by atoms with Gasteiger partial charge in [-0.3, -0.25) is 9.69 Å². The van der Waals surface area contributed by atoms with Crippen LogP contribution >= 0.6 is 11.3 Å². The van der Waals surface area contributed by atoms with Gasteiger partial charge in [0.05, 0.1) is 27.4 Å². The number of sulfone groups is 1. The predicted octanol–water partition coefficient (Wildman–Crippen LogP) is 5.08. The van der Waals surface area contributed by atoms with Crippen LogP contribution in [0.15, 0.2) is 89.8 Å². The molecule has 0 bridgehead atoms. The maximum absolute atomic E-state index is 13.1. The summed E-state index contributed by atoms with van der Waals surface area (Å²) < 4.78 is 26.1. The summed E-state index contributed by atoms with van der Waals surface area (Å²) in [5.41, 5.74) is 1.84. The molecular formula is C24H22N2O3S2. The van der Waals surface area contributed by atoms with E-state index in [1.165, 1.54) is 11.3 Å². The fourth-order valence-electron chi connectivity index (χ4n) is 3.30. The molecule has 3 aromatic carbocycles. The molecule has 0 saturated heterocycles. The lowest BCUT2D eigenvalue weighted by Gasteiger charge is -2.20. The Morgan fingerprint density at radius 3 is 2.23 bits per heavy atom. The number of carbonyl (C=O) groups is 1. The normalized spacial score (nSPS) is 11.5. The number of para-hydroxylation sites is 1. The molecule has 0 aliphatic heterocycles. The molecule has 7 heteroatoms. The minimum atomic E-state index is -3.41. The SMILES string of the molecule is O=C(CCCS(=O)(=O)c1ccccc1)N(Cc1ccccc1)c1nc2ccccc2s1. The zero-order chi connectivity index (χ0) is 21.7. The van der Waals surface area contributed by atoms with Gasteiger partial charge in [-0.1, -0.05) is 72.0 Å². The average Bonchev–Trinajstić information content (AvgIpc) is 3.22. The van der Waals surface area contributed by atoms with Crippen molar-refractivity contribution in [2.45, 2.75) is 24.3 Å². The Balaban J connectivity index is 1.51. The van der Waals surface area contributed by atoms with Crippen molar-refractivity contribution in [2.75, 3.05) is 10.7 Å². The number of hydrogen-bond donors (Lipinski definition) is 0. The largest absolute Gasteiger partial charge is 0.284 e. The van der Waals surface area contributed by atoms with Gasteiger partial charge in [-0.05, 0) is 36.2 Å². The smallest absolute Gasteiger partial charge is 0.229 e. The quantitative estimate of drug-likeness (QED) is 0.375. The van der Waals surface area contributed by atoms with Gasteiger partial charge < -0.3 is 0 Å². The molecule has 4 rings (SSSR count). The Kier molecular flexibility index (Phi) is 6.44. The van der Waals surface area contributed by atoms with Crippen LogP contribution in [0.25, 0.3) is 10.2 Å². The number of nitrogens with zero attached hydrogens (tertiary/aromatic N) is 2. The number of aromatic nitrogens is 1. The number of rotatable bonds is 8. The molecule has 0 N–H and O–H groups in total. The summed E-state index contributed by atoms with van der Waals surface area (Å²) in [6.07, 6.45) is 0.390. The van der Waals surface area contributed by atoms with Gasteiger partial charge in [-0.2, -0.15) is 0 Å². The van der Waals surface area contributed by atoms with Crippen LogP contribution in [0.1, 0.15) is 18.4 Å². The van der Waals surface area contributed by atoms with Crippen LogP contribution in [0.3, 0.4) is 0 Å². The number of amides is 1. The molecule has 5 nitrogen and oxygen atoms in total. The Hall–Kier alpha value is -3.03. The Morgan fingerprint density at radius 1 is 0.871 bits per heavy atom. The van der Waals surface area contributed by atoms with Crippen molar-refractivity contribution in [3.05, 3.63) is 90.5 Å². The summed E-state index contributed by atoms with van der Waals surface area (Å²) in [7, 11) is -3.41. The number of fused-ring (bicyclic) bond motifs is 1. The molecule has 0 radical (unpaired) electrons. The molecule has 0 saturated carbocycles. The lowest BCUT2D eigenvalue weighted by atomic mass is 10.2. The molecule has 0 fully saturated rings. The van der Waals surface area contributed by atoms with Gasteiger partial charge in [0, 0.05) is 6.42 Å². The number of anilines is 1. The van der Waals surface area contributed by atoms with Crippen LogP contribution in [0.2, 0.25) is 0 Å². The second-order valence-corrected chi connectivity index (χ2v) is 10.3. The molecular weight excluding hydrogens is 428 g/mol. The van der Waals surface area contributed by atoms with Crippen molar-refractivity contribution < 1.29 is 13.2 Å². The monoisotopic (exact) mass is 450 g/mol. The lowest BCUT2D eigenvalue weighted by Crippen LogP contribution is -2.30. The van der Waals surface area contributed by atoms with Crippen LogP contribution in [0, 0.1) is 0 Å². The minimum Gasteiger partial charge on any atom is -0.284 e. The highest BCUT2D eigenvalue weighted by molar-refractivity contribution is 7.91. The molecule has 0 aliphatic carbocycles. The van der Waals surface area contributed by atoms with Gasteiger partial charge in [-0.25, -0.2) is 13.4 Å². The molecule has 0 unspecified atom stereocenters. The molecule has 1 aromatic heterocycles. The summed E-state index contributed by atoms with van der Waals surface area (Å²) in [6.45, 7) is 0.394. The maximum Gasteiger partial charge on any atom is 0.229 e. The number of hydrogen-bond acceptors (Lipinski definition) is 5. The van der Waals surface area contributed by atoms with E-state index in [0.717, 1.165) is 15.8 Å². The third-order valence-electron chi connectivity index (χ3n) is 4.90. The van der Waals surface area contributed by atoms with E-state index in [0.29, 0.717) is 11.7 Å². The van der Waals surface area contributed by atoms with Crippen LogP contribution < -0.4 is 4.90 Å². The number of benzene rings is 3. The highest BCUT2D eigenvalue weighted by Gasteiger charge is 2.21. The van der Waals surface area contributed by atoms with Gasteiger partial charge >= 0.3 is 0 Å². The molecule has 158 valence electrons. The van der Waals surface area contributed by atoms with Gasteiger partial charge in [0.1, 0.15) is 0 Å². The van der Waals surface area contributed by atoms with Crippen molar-refractivity contribution in [2.24, 2.45) is 0 Å². The van der Waals surface area contributed by atoms with Gasteiger partial charge in [0.2, 0.25) is 5.91 Å². The van der Waals surface area contributed by atoms with Gasteiger partial charge in [0.15, 0.2) is 15.0 Å². The van der Waals surface area contributed by atoms with Crippen molar-refractivity contribution in [3.8, 4) is 0 Å². The third-order valence-corrected chi connectivity index (χ3v) is 7.78. The standard InChI is InChI=1S/C24H22N2O3S2/c27-23(16-9-17-31(28,29)20-12-5-2-6-13-20)26(18-19-10-3-1-4-11-19)24-25-21-14-7-8-15-22(21)30-24/h1-8,10-15H,9,16-18H2. The molecule has 0 aliphatic rings. The van der Waals surface area contributed by atoms with E-state index in [2.05, 4.69) is 4.98 Å². The molecule has 31 heavy (non-hydrogen) atoms. The van der Waals surface area contributed by atoms with Crippen LogP contribution in [-0.2, 0) is 21.2 Å². The Labute approximate surface area is 185 Å². The molecule has 1 heterocycles. The van der Waals surface area contributed by atoms with Crippen LogP contribution in [-0.4, -0.2) is 25.1 Å². The summed E-state index contributed by atoms with van der Waals surface area (Å²) >= 11 is 1.46. The first kappa shape index (κ1) is 21.2. The van der Waals surface area contributed by atoms with E-state index in [1.807, 2.05) is 54.6 Å². The molecule has 4 aromatic rings. The third kappa shape index (κ3) is 5.18. The highest BCUT2D eigenvalue weighted by atomic mass is 32.2. The zero-order valence-corrected chi connectivity index (χ0v) is 18.5. The van der Waals surface area contributed by atoms with Crippen molar-refractivity contribution in [1.82, 2.24) is 4.98 Å². The minimum absolute atomic E-state index is 0.0677. The summed E-state index contributed by atoms with van der Waals surface area (Å²) in [4.78, 5) is 19.7. The van der Waals surface area contributed by atoms with Gasteiger partial charge in [-0.15, -0.1) is 0 Å². The second kappa shape index (κ2) is 9.41. The van der Waals surface area contributed by atoms with E-state index in [1.54, 1.807) is 35.2 Å². The van der Waals surface area contributed by atoms with E-state index >= 15 is 0 Å². The fraction of sp³-hybridized carbons (Fsp3) is 0.167. The fourth-order valence-corrected chi connectivity index (χ4v) is 5.61. The maximum atomic E-state index is 13.1. The Morgan fingerprint density at radius 2 is 1.52 bits per heavy atom. The molecule has 0 atom stereocenters. The van der Waals surface area contributed by atoms with E-state index in [9.17, 15) is 13.2 Å².